The number of allylic oxidation sites excluding steroid dienone is 1. The van der Waals surface area contributed by atoms with Crippen LogP contribution in [-0.2, 0) is 12.2 Å². The van der Waals surface area contributed by atoms with Gasteiger partial charge in [-0.1, -0.05) is 103 Å². The van der Waals surface area contributed by atoms with E-state index in [2.05, 4.69) is 88.7 Å². The minimum Gasteiger partial charge on any atom is -0.489 e. The van der Waals surface area contributed by atoms with Crippen LogP contribution in [-0.4, -0.2) is 11.3 Å². The van der Waals surface area contributed by atoms with E-state index in [0.29, 0.717) is 18.4 Å². The van der Waals surface area contributed by atoms with E-state index in [1.54, 1.807) is 6.20 Å². The zero-order chi connectivity index (χ0) is 30.2. The average Bonchev–Trinajstić information content (AvgIpc) is 2.99. The maximum absolute atomic E-state index is 12.6. The minimum atomic E-state index is -1.39. The molecular weight excluding hydrogens is 502 g/mol. The summed E-state index contributed by atoms with van der Waals surface area (Å²) in [6, 6.07) is 20.4. The number of ether oxygens (including phenoxy) is 1. The van der Waals surface area contributed by atoms with Crippen LogP contribution in [0.25, 0.3) is 11.6 Å². The molecule has 3 heteroatoms. The molecule has 216 valence electrons. The second-order valence-electron chi connectivity index (χ2n) is 11.0. The molecule has 1 aliphatic heterocycles. The molecule has 0 saturated heterocycles. The molecule has 1 aliphatic rings. The van der Waals surface area contributed by atoms with Gasteiger partial charge >= 0.3 is 0 Å². The number of aliphatic hydroxyl groups is 1. The molecule has 41 heavy (non-hydrogen) atoms. The Hall–Kier alpha value is -3.69. The Morgan fingerprint density at radius 1 is 1.05 bits per heavy atom. The summed E-state index contributed by atoms with van der Waals surface area (Å²) in [6.45, 7) is 21.5. The van der Waals surface area contributed by atoms with Gasteiger partial charge in [0, 0.05) is 12.4 Å². The first-order valence-electron chi connectivity index (χ1n) is 14.9. The highest BCUT2D eigenvalue weighted by molar-refractivity contribution is 5.84. The number of nitrogens with zero attached hydrogens (tertiary/aromatic N) is 1. The summed E-state index contributed by atoms with van der Waals surface area (Å²) in [4.78, 5) is 4.54. The smallest absolute Gasteiger partial charge is 0.138 e. The molecule has 0 fully saturated rings. The highest BCUT2D eigenvalue weighted by atomic mass is 16.5. The molecule has 0 aliphatic carbocycles. The van der Waals surface area contributed by atoms with Crippen molar-refractivity contribution in [2.75, 3.05) is 0 Å². The van der Waals surface area contributed by atoms with Crippen LogP contribution in [0.5, 0.6) is 5.75 Å². The number of aliphatic imine (C=N–C) groups is 1. The zero-order valence-corrected chi connectivity index (χ0v) is 26.2. The number of hydrogen-bond acceptors (Lipinski definition) is 3. The number of hydrogen-bond donors (Lipinski definition) is 1. The van der Waals surface area contributed by atoms with Crippen LogP contribution in [0, 0.1) is 18.8 Å². The summed E-state index contributed by atoms with van der Waals surface area (Å²) in [5, 5.41) is 12.6. The van der Waals surface area contributed by atoms with Gasteiger partial charge in [-0.25, -0.2) is 0 Å². The topological polar surface area (TPSA) is 41.8 Å². The molecule has 3 nitrogen and oxygen atoms in total. The maximum Gasteiger partial charge on any atom is 0.138 e. The van der Waals surface area contributed by atoms with Crippen molar-refractivity contribution >= 4 is 17.9 Å². The van der Waals surface area contributed by atoms with Crippen molar-refractivity contribution < 1.29 is 9.84 Å². The van der Waals surface area contributed by atoms with Crippen molar-refractivity contribution in [2.24, 2.45) is 16.8 Å². The van der Waals surface area contributed by atoms with Gasteiger partial charge in [-0.15, -0.1) is 0 Å². The molecule has 1 heterocycles. The predicted octanol–water partition coefficient (Wildman–Crippen LogP) is 9.90. The zero-order valence-electron chi connectivity index (χ0n) is 26.2. The molecule has 0 saturated carbocycles. The fourth-order valence-electron chi connectivity index (χ4n) is 4.78. The lowest BCUT2D eigenvalue weighted by molar-refractivity contribution is 0.120. The standard InChI is InChI=1S/C36H41NO2.C2H6/c1-8-25(4)12-14-29-15-17-33-20-35(29)28(7)30-10-9-11-34(19-30)39-23-31-18-32(16-13-26(31)5)36(33,38)27(6)22-37-21-24(2)3;1-2/h9-22,24-25,38H,7-8,23H2,1-6H3;1-2H3/b14-12-,27-22+,37-21?;. The lowest BCUT2D eigenvalue weighted by Crippen LogP contribution is -2.29. The molecule has 3 aromatic rings. The normalized spacial score (nSPS) is 17.8. The summed E-state index contributed by atoms with van der Waals surface area (Å²) >= 11 is 0. The Balaban J connectivity index is 0.00000226. The van der Waals surface area contributed by atoms with Gasteiger partial charge in [-0.3, -0.25) is 4.99 Å². The third kappa shape index (κ3) is 7.34. The molecular formula is C38H47NO2. The van der Waals surface area contributed by atoms with Crippen LogP contribution < -0.4 is 4.74 Å². The molecule has 0 spiro atoms. The predicted molar refractivity (Wildman–Crippen MR) is 176 cm³/mol. The molecule has 4 rings (SSSR count). The summed E-state index contributed by atoms with van der Waals surface area (Å²) in [5.41, 5.74) is 6.97. The van der Waals surface area contributed by atoms with Crippen molar-refractivity contribution in [3.05, 3.63) is 124 Å². The quantitative estimate of drug-likeness (QED) is 0.311. The Labute approximate surface area is 248 Å². The van der Waals surface area contributed by atoms with Crippen molar-refractivity contribution in [1.82, 2.24) is 0 Å². The van der Waals surface area contributed by atoms with Crippen molar-refractivity contribution in [2.45, 2.75) is 74.0 Å². The van der Waals surface area contributed by atoms with Gasteiger partial charge in [0.05, 0.1) is 0 Å². The highest BCUT2D eigenvalue weighted by Gasteiger charge is 2.35. The van der Waals surface area contributed by atoms with Gasteiger partial charge in [0.1, 0.15) is 18.0 Å². The Bertz CT molecular complexity index is 1440. The fraction of sp³-hybridized carbons (Fsp3) is 0.342. The van der Waals surface area contributed by atoms with Crippen molar-refractivity contribution in [3.63, 3.8) is 0 Å². The van der Waals surface area contributed by atoms with E-state index in [9.17, 15) is 5.11 Å². The first-order valence-corrected chi connectivity index (χ1v) is 14.9. The average molecular weight is 550 g/mol. The third-order valence-electron chi connectivity index (χ3n) is 7.61. The van der Waals surface area contributed by atoms with Crippen LogP contribution >= 0.6 is 0 Å². The lowest BCUT2D eigenvalue weighted by atomic mass is 9.78. The summed E-state index contributed by atoms with van der Waals surface area (Å²) in [7, 11) is 0. The molecule has 3 aromatic carbocycles. The summed E-state index contributed by atoms with van der Waals surface area (Å²) < 4.78 is 6.26. The third-order valence-corrected chi connectivity index (χ3v) is 7.61. The van der Waals surface area contributed by atoms with Crippen LogP contribution in [0.4, 0.5) is 0 Å². The second-order valence-corrected chi connectivity index (χ2v) is 11.0. The van der Waals surface area contributed by atoms with E-state index in [1.807, 2.05) is 57.3 Å². The van der Waals surface area contributed by atoms with Crippen molar-refractivity contribution in [1.29, 1.82) is 0 Å². The second kappa shape index (κ2) is 14.3. The molecule has 0 aromatic heterocycles. The van der Waals surface area contributed by atoms with Crippen LogP contribution in [0.3, 0.4) is 0 Å². The van der Waals surface area contributed by atoms with E-state index in [1.165, 1.54) is 0 Å². The summed E-state index contributed by atoms with van der Waals surface area (Å²) in [6.07, 6.45) is 9.16. The van der Waals surface area contributed by atoms with Crippen molar-refractivity contribution in [3.8, 4) is 5.75 Å². The highest BCUT2D eigenvalue weighted by Crippen LogP contribution is 2.40. The van der Waals surface area contributed by atoms with Gasteiger partial charge in [-0.2, -0.15) is 0 Å². The number of aryl methyl sites for hydroxylation is 1. The summed E-state index contributed by atoms with van der Waals surface area (Å²) in [5.74, 6) is 1.57. The van der Waals surface area contributed by atoms with Gasteiger partial charge in [-0.05, 0) is 100 Å². The Morgan fingerprint density at radius 2 is 1.76 bits per heavy atom. The van der Waals surface area contributed by atoms with Crippen LogP contribution in [0.1, 0.15) is 93.8 Å². The Kier molecular flexibility index (Phi) is 11.1. The van der Waals surface area contributed by atoms with E-state index in [0.717, 1.165) is 62.3 Å². The molecule has 0 radical (unpaired) electrons. The van der Waals surface area contributed by atoms with Crippen LogP contribution in [0.15, 0.2) is 90.1 Å². The van der Waals surface area contributed by atoms with Gasteiger partial charge < -0.3 is 9.84 Å². The van der Waals surface area contributed by atoms with E-state index in [4.69, 9.17) is 4.74 Å². The number of rotatable bonds is 6. The van der Waals surface area contributed by atoms with Gasteiger partial charge in [0.25, 0.3) is 0 Å². The largest absolute Gasteiger partial charge is 0.489 e. The maximum atomic E-state index is 12.6. The first-order chi connectivity index (χ1) is 19.6. The van der Waals surface area contributed by atoms with Crippen LogP contribution in [0.2, 0.25) is 0 Å². The van der Waals surface area contributed by atoms with E-state index in [-0.39, 0.29) is 0 Å². The molecule has 6 bridgehead atoms. The molecule has 0 amide bonds. The monoisotopic (exact) mass is 549 g/mol. The van der Waals surface area contributed by atoms with Gasteiger partial charge in [0.15, 0.2) is 0 Å². The van der Waals surface area contributed by atoms with E-state index < -0.39 is 5.60 Å². The minimum absolute atomic E-state index is 0.313. The lowest BCUT2D eigenvalue weighted by Gasteiger charge is -2.32. The number of benzene rings is 3. The molecule has 1 N–H and O–H groups in total. The molecule has 2 unspecified atom stereocenters. The van der Waals surface area contributed by atoms with E-state index >= 15 is 0 Å². The number of fused-ring (bicyclic) bond motifs is 6. The Morgan fingerprint density at radius 3 is 2.46 bits per heavy atom. The SMILES string of the molecule is C=C1c2cccc(c2)OCc2cc(ccc2C)C(O)(/C(C)=C/N=CC(C)C)c2ccc(/C=C\C(C)CC)c1c2.CC. The molecule has 2 atom stereocenters. The fourth-order valence-corrected chi connectivity index (χ4v) is 4.78. The first kappa shape index (κ1) is 31.8. The van der Waals surface area contributed by atoms with Gasteiger partial charge in [0.2, 0.25) is 0 Å².